The fourth-order valence-electron chi connectivity index (χ4n) is 14.0. The van der Waals surface area contributed by atoms with Crippen molar-refractivity contribution < 1.29 is 0 Å². The Morgan fingerprint density at radius 2 is 0.790 bits per heavy atom. The van der Waals surface area contributed by atoms with Crippen LogP contribution in [0.4, 0.5) is 17.1 Å². The van der Waals surface area contributed by atoms with Crippen molar-refractivity contribution in [3.05, 3.63) is 231 Å². The summed E-state index contributed by atoms with van der Waals surface area (Å²) in [5.41, 5.74) is 26.4. The quantitative estimate of drug-likeness (QED) is 0.0612. The summed E-state index contributed by atoms with van der Waals surface area (Å²) in [4.78, 5) is 2.41. The van der Waals surface area contributed by atoms with E-state index in [0.29, 0.717) is 5.92 Å². The molecule has 2 aliphatic carbocycles. The second-order valence-corrected chi connectivity index (χ2v) is 26.9. The van der Waals surface area contributed by atoms with Gasteiger partial charge >= 0.3 is 0 Å². The molecule has 0 bridgehead atoms. The molecule has 1 atom stereocenters. The summed E-state index contributed by atoms with van der Waals surface area (Å²) in [6.07, 6.45) is 19.3. The van der Waals surface area contributed by atoms with Gasteiger partial charge in [-0.1, -0.05) is 273 Å². The van der Waals surface area contributed by atoms with E-state index >= 15 is 0 Å². The summed E-state index contributed by atoms with van der Waals surface area (Å²) in [6.45, 7) is 27.8. The van der Waals surface area contributed by atoms with Crippen molar-refractivity contribution in [3.8, 4) is 33.4 Å². The molecular formula is C80H95N. The van der Waals surface area contributed by atoms with Crippen molar-refractivity contribution in [3.63, 3.8) is 0 Å². The zero-order valence-corrected chi connectivity index (χ0v) is 51.8. The minimum Gasteiger partial charge on any atom is -0.311 e. The third-order valence-corrected chi connectivity index (χ3v) is 19.1. The van der Waals surface area contributed by atoms with Crippen molar-refractivity contribution in [2.75, 3.05) is 4.90 Å². The number of unbranched alkanes of at least 4 members (excludes halogenated alkanes) is 10. The maximum atomic E-state index is 2.76. The second kappa shape index (κ2) is 24.2. The zero-order valence-electron chi connectivity index (χ0n) is 51.8. The topological polar surface area (TPSA) is 3.24 Å². The molecule has 0 aliphatic heterocycles. The number of nitrogens with zero attached hydrogens (tertiary/aromatic N) is 1. The van der Waals surface area contributed by atoms with Crippen LogP contribution in [0.15, 0.2) is 170 Å². The van der Waals surface area contributed by atoms with Gasteiger partial charge in [0.2, 0.25) is 0 Å². The first kappa shape index (κ1) is 57.8. The first-order valence-electron chi connectivity index (χ1n) is 31.8. The van der Waals surface area contributed by atoms with Crippen LogP contribution in [0.3, 0.4) is 0 Å². The largest absolute Gasteiger partial charge is 0.311 e. The third-order valence-electron chi connectivity index (χ3n) is 19.1. The van der Waals surface area contributed by atoms with Crippen LogP contribution in [0.5, 0.6) is 0 Å². The molecule has 8 aromatic rings. The van der Waals surface area contributed by atoms with Crippen LogP contribution in [0.25, 0.3) is 33.4 Å². The summed E-state index contributed by atoms with van der Waals surface area (Å²) in [5, 5.41) is 0. The second-order valence-electron chi connectivity index (χ2n) is 26.9. The Kier molecular flexibility index (Phi) is 17.2. The van der Waals surface area contributed by atoms with Gasteiger partial charge in [-0.15, -0.1) is 0 Å². The number of hydrogen-bond acceptors (Lipinski definition) is 1. The predicted octanol–water partition coefficient (Wildman–Crippen LogP) is 23.7. The SMILES string of the molecule is CCCCCCCCC1(CCCCCCCC)c2cc(C)ccc2-c2cc3c(cc21)-c1ccc(-c2ccc(N(c4ccc(C)cc4)c4ccc(C(C)CC)cc4)cc2)cc1C3(c1ccc(C(C)(C)C)cc1)c1ccc(C(C)(C)C)cc1. The number of benzene rings is 8. The number of fused-ring (bicyclic) bond motifs is 6. The Bertz CT molecular complexity index is 3320. The molecular weight excluding hydrogens is 975 g/mol. The maximum Gasteiger partial charge on any atom is 0.0714 e. The van der Waals surface area contributed by atoms with E-state index in [1.165, 1.54) is 179 Å². The summed E-state index contributed by atoms with van der Waals surface area (Å²) in [5.74, 6) is 0.524. The Balaban J connectivity index is 1.18. The highest BCUT2D eigenvalue weighted by molar-refractivity contribution is 5.94. The molecule has 81 heavy (non-hydrogen) atoms. The Morgan fingerprint density at radius 1 is 0.383 bits per heavy atom. The average Bonchev–Trinajstić information content (AvgIpc) is 3.67. The Morgan fingerprint density at radius 3 is 1.31 bits per heavy atom. The van der Waals surface area contributed by atoms with E-state index < -0.39 is 5.41 Å². The lowest BCUT2D eigenvalue weighted by Crippen LogP contribution is -2.29. The first-order chi connectivity index (χ1) is 39.0. The van der Waals surface area contributed by atoms with Crippen LogP contribution in [0.1, 0.15) is 233 Å². The molecule has 0 heterocycles. The summed E-state index contributed by atoms with van der Waals surface area (Å²) in [7, 11) is 0. The molecule has 10 rings (SSSR count). The molecule has 0 aromatic heterocycles. The monoisotopic (exact) mass is 1070 g/mol. The molecule has 1 unspecified atom stereocenters. The maximum absolute atomic E-state index is 2.76. The highest BCUT2D eigenvalue weighted by atomic mass is 15.1. The first-order valence-corrected chi connectivity index (χ1v) is 31.8. The van der Waals surface area contributed by atoms with Gasteiger partial charge in [0.05, 0.1) is 5.41 Å². The van der Waals surface area contributed by atoms with Gasteiger partial charge < -0.3 is 4.90 Å². The standard InChI is InChI=1S/C80H95N/c1-13-16-18-20-22-24-50-79(51-25-23-21-19-17-14-2)73-52-57(5)28-48-69(73)71-55-76-72(54-74(71)79)70-49-33-61(53-75(70)80(76,64-38-34-62(35-39-64)77(7,8)9)65-40-36-63(37-41-65)78(10,11)12)60-31-46-68(47-32-60)81(66-42-26-56(4)27-43-66)67-44-29-59(30-45-67)58(6)15-3/h26-49,52-55,58H,13-25,50-51H2,1-12H3. The highest BCUT2D eigenvalue weighted by Crippen LogP contribution is 2.62. The van der Waals surface area contributed by atoms with E-state index in [9.17, 15) is 0 Å². The Hall–Kier alpha value is -6.44. The van der Waals surface area contributed by atoms with E-state index in [4.69, 9.17) is 0 Å². The molecule has 420 valence electrons. The summed E-state index contributed by atoms with van der Waals surface area (Å²) >= 11 is 0. The van der Waals surface area contributed by atoms with Crippen molar-refractivity contribution in [2.45, 2.75) is 207 Å². The van der Waals surface area contributed by atoms with Gasteiger partial charge in [0.25, 0.3) is 0 Å². The Labute approximate surface area is 490 Å². The minimum absolute atomic E-state index is 0.0228. The molecule has 1 heteroatoms. The summed E-state index contributed by atoms with van der Waals surface area (Å²) < 4.78 is 0. The van der Waals surface area contributed by atoms with Crippen molar-refractivity contribution in [2.24, 2.45) is 0 Å². The molecule has 1 nitrogen and oxygen atoms in total. The van der Waals surface area contributed by atoms with E-state index in [-0.39, 0.29) is 16.2 Å². The van der Waals surface area contributed by atoms with Gasteiger partial charge in [-0.25, -0.2) is 0 Å². The molecule has 0 fully saturated rings. The summed E-state index contributed by atoms with van der Waals surface area (Å²) in [6, 6.07) is 67.8. The van der Waals surface area contributed by atoms with Gasteiger partial charge in [-0.2, -0.15) is 0 Å². The molecule has 0 saturated heterocycles. The van der Waals surface area contributed by atoms with Crippen LogP contribution in [0, 0.1) is 13.8 Å². The van der Waals surface area contributed by atoms with Crippen LogP contribution in [-0.4, -0.2) is 0 Å². The number of rotatable bonds is 22. The van der Waals surface area contributed by atoms with E-state index in [2.05, 4.69) is 258 Å². The smallest absolute Gasteiger partial charge is 0.0714 e. The van der Waals surface area contributed by atoms with Gasteiger partial charge in [-0.05, 0) is 188 Å². The lowest BCUT2D eigenvalue weighted by atomic mass is 9.66. The van der Waals surface area contributed by atoms with E-state index in [1.54, 1.807) is 11.1 Å². The molecule has 0 N–H and O–H groups in total. The lowest BCUT2D eigenvalue weighted by molar-refractivity contribution is 0.397. The van der Waals surface area contributed by atoms with Gasteiger partial charge in [0.15, 0.2) is 0 Å². The molecule has 0 saturated carbocycles. The minimum atomic E-state index is -0.583. The number of hydrogen-bond donors (Lipinski definition) is 0. The van der Waals surface area contributed by atoms with Crippen LogP contribution >= 0.6 is 0 Å². The third kappa shape index (κ3) is 11.4. The van der Waals surface area contributed by atoms with E-state index in [0.717, 1.165) is 17.8 Å². The molecule has 2 aliphatic rings. The fourth-order valence-corrected chi connectivity index (χ4v) is 14.0. The van der Waals surface area contributed by atoms with Gasteiger partial charge in [0, 0.05) is 22.5 Å². The molecule has 0 amide bonds. The normalized spacial score (nSPS) is 14.3. The van der Waals surface area contributed by atoms with E-state index in [1.807, 2.05) is 0 Å². The van der Waals surface area contributed by atoms with Crippen LogP contribution < -0.4 is 4.90 Å². The predicted molar refractivity (Wildman–Crippen MR) is 352 cm³/mol. The van der Waals surface area contributed by atoms with Gasteiger partial charge in [0.1, 0.15) is 0 Å². The lowest BCUT2D eigenvalue weighted by Gasteiger charge is -2.36. The van der Waals surface area contributed by atoms with Gasteiger partial charge in [-0.3, -0.25) is 0 Å². The van der Waals surface area contributed by atoms with Crippen LogP contribution in [-0.2, 0) is 21.7 Å². The van der Waals surface area contributed by atoms with Crippen molar-refractivity contribution in [1.82, 2.24) is 0 Å². The van der Waals surface area contributed by atoms with Crippen molar-refractivity contribution >= 4 is 17.1 Å². The fraction of sp³-hybridized carbons (Fsp3) is 0.400. The molecule has 0 radical (unpaired) electrons. The average molecular weight is 1070 g/mol. The highest BCUT2D eigenvalue weighted by Gasteiger charge is 2.50. The van der Waals surface area contributed by atoms with Crippen LogP contribution in [0.2, 0.25) is 0 Å². The van der Waals surface area contributed by atoms with Crippen molar-refractivity contribution in [1.29, 1.82) is 0 Å². The number of aryl methyl sites for hydroxylation is 2. The number of anilines is 3. The zero-order chi connectivity index (χ0) is 57.1. The molecule has 0 spiro atoms. The molecule has 8 aromatic carbocycles.